The molecule has 0 fully saturated rings. The van der Waals surface area contributed by atoms with Gasteiger partial charge in [0.15, 0.2) is 0 Å². The fourth-order valence-corrected chi connectivity index (χ4v) is 0.733. The zero-order valence-corrected chi connectivity index (χ0v) is 10.1. The predicted molar refractivity (Wildman–Crippen MR) is 63.3 cm³/mol. The lowest BCUT2D eigenvalue weighted by molar-refractivity contribution is -0.0591. The average molecular weight is 250 g/mol. The number of aliphatic imine (C=N–C) groups is 2. The van der Waals surface area contributed by atoms with Gasteiger partial charge in [-0.1, -0.05) is 0 Å². The molecule has 0 aromatic carbocycles. The summed E-state index contributed by atoms with van der Waals surface area (Å²) in [6, 6.07) is 0.160. The molecule has 0 saturated carbocycles. The molecule has 98 valence electrons. The normalized spacial score (nSPS) is 15.6. The molecule has 0 aromatic heterocycles. The molecule has 0 aliphatic rings. The maximum Gasteiger partial charge on any atom is 0.429 e. The van der Waals surface area contributed by atoms with Crippen LogP contribution >= 0.6 is 0 Å². The van der Waals surface area contributed by atoms with Gasteiger partial charge in [0.1, 0.15) is 11.5 Å². The van der Waals surface area contributed by atoms with E-state index in [4.69, 9.17) is 0 Å². The minimum absolute atomic E-state index is 0.160. The summed E-state index contributed by atoms with van der Waals surface area (Å²) in [4.78, 5) is 6.83. The smallest absolute Gasteiger partial charge is 0.367 e. The summed E-state index contributed by atoms with van der Waals surface area (Å²) in [7, 11) is 1.78. The summed E-state index contributed by atoms with van der Waals surface area (Å²) in [5.41, 5.74) is -0.929. The molecule has 0 amide bonds. The Bertz CT molecular complexity index is 307. The third-order valence-corrected chi connectivity index (χ3v) is 2.04. The molecule has 17 heavy (non-hydrogen) atoms. The van der Waals surface area contributed by atoms with E-state index in [-0.39, 0.29) is 11.9 Å². The van der Waals surface area contributed by atoms with E-state index in [1.165, 1.54) is 0 Å². The Balaban J connectivity index is 4.51. The van der Waals surface area contributed by atoms with Crippen LogP contribution in [0.5, 0.6) is 0 Å². The van der Waals surface area contributed by atoms with Crippen LogP contribution in [0.25, 0.3) is 0 Å². The van der Waals surface area contributed by atoms with Crippen molar-refractivity contribution in [3.05, 3.63) is 12.0 Å². The molecule has 0 rings (SSSR count). The lowest BCUT2D eigenvalue weighted by atomic mass is 10.3. The highest BCUT2D eigenvalue weighted by Crippen LogP contribution is 2.17. The van der Waals surface area contributed by atoms with E-state index in [9.17, 15) is 13.2 Å². The van der Waals surface area contributed by atoms with Crippen molar-refractivity contribution < 1.29 is 13.2 Å². The van der Waals surface area contributed by atoms with Gasteiger partial charge in [-0.05, 0) is 27.6 Å². The fraction of sp³-hybridized carbons (Fsp3) is 0.600. The van der Waals surface area contributed by atoms with Gasteiger partial charge in [-0.15, -0.1) is 0 Å². The van der Waals surface area contributed by atoms with Crippen molar-refractivity contribution in [1.29, 1.82) is 0 Å². The Morgan fingerprint density at radius 2 is 2.06 bits per heavy atom. The van der Waals surface area contributed by atoms with E-state index >= 15 is 0 Å². The Morgan fingerprint density at radius 1 is 1.47 bits per heavy atom. The van der Waals surface area contributed by atoms with Crippen molar-refractivity contribution >= 4 is 12.4 Å². The number of nitrogens with zero attached hydrogens (tertiary/aromatic N) is 2. The second-order valence-corrected chi connectivity index (χ2v) is 3.46. The first-order chi connectivity index (χ1) is 7.81. The molecule has 0 radical (unpaired) electrons. The number of hydrogen-bond acceptors (Lipinski definition) is 4. The SMILES string of the molecule is C=N/C(=C\N=C(/C)C(F)(F)F)NC[C@H](C)NC. The van der Waals surface area contributed by atoms with E-state index in [0.717, 1.165) is 13.1 Å². The average Bonchev–Trinajstić information content (AvgIpc) is 2.27. The second kappa shape index (κ2) is 7.05. The van der Waals surface area contributed by atoms with Crippen LogP contribution in [0, 0.1) is 0 Å². The van der Waals surface area contributed by atoms with Crippen LogP contribution in [0.4, 0.5) is 13.2 Å². The number of likely N-dealkylation sites (N-methyl/N-ethyl adjacent to an activating group) is 1. The van der Waals surface area contributed by atoms with Crippen molar-refractivity contribution in [2.24, 2.45) is 9.98 Å². The number of halogens is 3. The summed E-state index contributed by atoms with van der Waals surface area (Å²) >= 11 is 0. The Morgan fingerprint density at radius 3 is 2.47 bits per heavy atom. The highest BCUT2D eigenvalue weighted by Gasteiger charge is 2.31. The van der Waals surface area contributed by atoms with E-state index in [1.807, 2.05) is 6.92 Å². The molecule has 0 aromatic rings. The van der Waals surface area contributed by atoms with Gasteiger partial charge in [-0.3, -0.25) is 4.99 Å². The van der Waals surface area contributed by atoms with E-state index in [1.54, 1.807) is 7.05 Å². The topological polar surface area (TPSA) is 48.8 Å². The molecule has 0 unspecified atom stereocenters. The quantitative estimate of drug-likeness (QED) is 0.705. The van der Waals surface area contributed by atoms with Crippen LogP contribution in [0.3, 0.4) is 0 Å². The van der Waals surface area contributed by atoms with E-state index in [2.05, 4.69) is 27.3 Å². The van der Waals surface area contributed by atoms with Crippen molar-refractivity contribution in [3.63, 3.8) is 0 Å². The van der Waals surface area contributed by atoms with E-state index < -0.39 is 11.9 Å². The minimum atomic E-state index is -4.42. The number of rotatable bonds is 6. The van der Waals surface area contributed by atoms with Gasteiger partial charge in [0, 0.05) is 12.6 Å². The highest BCUT2D eigenvalue weighted by atomic mass is 19.4. The summed E-state index contributed by atoms with van der Waals surface area (Å²) in [5, 5.41) is 5.79. The summed E-state index contributed by atoms with van der Waals surface area (Å²) in [6.07, 6.45) is -3.40. The lowest BCUT2D eigenvalue weighted by Gasteiger charge is -2.11. The Hall–Kier alpha value is -1.37. The number of alkyl halides is 3. The molecule has 0 spiro atoms. The fourth-order valence-electron chi connectivity index (χ4n) is 0.733. The molecule has 1 atom stereocenters. The van der Waals surface area contributed by atoms with Gasteiger partial charge < -0.3 is 10.6 Å². The van der Waals surface area contributed by atoms with Gasteiger partial charge >= 0.3 is 6.18 Å². The summed E-state index contributed by atoms with van der Waals surface area (Å²) in [6.45, 7) is 6.58. The molecule has 0 saturated heterocycles. The van der Waals surface area contributed by atoms with Crippen molar-refractivity contribution in [2.45, 2.75) is 26.1 Å². The molecule has 0 aliphatic heterocycles. The standard InChI is InChI=1S/C10H17F3N4/c1-7(14-3)5-17-9(15-4)6-16-8(2)10(11,12)13/h6-7,14,17H,4-5H2,1-3H3/b9-6+,16-8+/t7-/m0/s1. The van der Waals surface area contributed by atoms with E-state index in [0.29, 0.717) is 6.54 Å². The third-order valence-electron chi connectivity index (χ3n) is 2.04. The Labute approximate surface area is 98.7 Å². The Kier molecular flexibility index (Phi) is 6.48. The molecule has 4 nitrogen and oxygen atoms in total. The van der Waals surface area contributed by atoms with Crippen molar-refractivity contribution in [1.82, 2.24) is 10.6 Å². The predicted octanol–water partition coefficient (Wildman–Crippen LogP) is 1.71. The molecular formula is C10H17F3N4. The molecule has 0 aliphatic carbocycles. The summed E-state index contributed by atoms with van der Waals surface area (Å²) < 4.78 is 36.4. The molecule has 7 heteroatoms. The van der Waals surface area contributed by atoms with Gasteiger partial charge in [0.25, 0.3) is 0 Å². The maximum absolute atomic E-state index is 12.1. The maximum atomic E-state index is 12.1. The zero-order chi connectivity index (χ0) is 13.5. The molecule has 0 bridgehead atoms. The van der Waals surface area contributed by atoms with Gasteiger partial charge in [0.2, 0.25) is 0 Å². The van der Waals surface area contributed by atoms with Gasteiger partial charge in [-0.2, -0.15) is 13.2 Å². The number of hydrogen-bond donors (Lipinski definition) is 2. The van der Waals surface area contributed by atoms with Crippen LogP contribution in [0.2, 0.25) is 0 Å². The van der Waals surface area contributed by atoms with Crippen LogP contribution in [0.1, 0.15) is 13.8 Å². The van der Waals surface area contributed by atoms with Crippen molar-refractivity contribution in [3.8, 4) is 0 Å². The van der Waals surface area contributed by atoms with Crippen molar-refractivity contribution in [2.75, 3.05) is 13.6 Å². The van der Waals surface area contributed by atoms with Gasteiger partial charge in [0.05, 0.1) is 6.20 Å². The largest absolute Gasteiger partial charge is 0.429 e. The van der Waals surface area contributed by atoms with Crippen LogP contribution in [0.15, 0.2) is 22.0 Å². The first-order valence-electron chi connectivity index (χ1n) is 5.01. The second-order valence-electron chi connectivity index (χ2n) is 3.46. The number of nitrogens with one attached hydrogen (secondary N) is 2. The molecule has 0 heterocycles. The molecule has 2 N–H and O–H groups in total. The lowest BCUT2D eigenvalue weighted by Crippen LogP contribution is -2.33. The minimum Gasteiger partial charge on any atom is -0.367 e. The summed E-state index contributed by atoms with van der Waals surface area (Å²) in [5.74, 6) is 0.204. The third kappa shape index (κ3) is 6.72. The zero-order valence-electron chi connectivity index (χ0n) is 10.1. The monoisotopic (exact) mass is 250 g/mol. The van der Waals surface area contributed by atoms with Crippen LogP contribution in [-0.4, -0.2) is 38.2 Å². The first-order valence-corrected chi connectivity index (χ1v) is 5.01. The van der Waals surface area contributed by atoms with Crippen LogP contribution < -0.4 is 10.6 Å². The first kappa shape index (κ1) is 15.6. The van der Waals surface area contributed by atoms with Crippen LogP contribution in [-0.2, 0) is 0 Å². The van der Waals surface area contributed by atoms with Gasteiger partial charge in [-0.25, -0.2) is 4.99 Å². The highest BCUT2D eigenvalue weighted by molar-refractivity contribution is 5.87. The molecular weight excluding hydrogens is 233 g/mol.